The Labute approximate surface area is 120 Å². The van der Waals surface area contributed by atoms with E-state index in [9.17, 15) is 4.79 Å². The molecule has 9 heteroatoms. The number of nitrogens with zero attached hydrogens (tertiary/aromatic N) is 4. The minimum atomic E-state index is -0.230. The first kappa shape index (κ1) is 14.5. The molecule has 2 heterocycles. The van der Waals surface area contributed by atoms with Crippen LogP contribution in [0.3, 0.4) is 0 Å². The van der Waals surface area contributed by atoms with E-state index in [-0.39, 0.29) is 17.7 Å². The Bertz CT molecular complexity index is 579. The summed E-state index contributed by atoms with van der Waals surface area (Å²) in [5.41, 5.74) is 0. The molecule has 0 aliphatic heterocycles. The molecule has 2 aromatic heterocycles. The van der Waals surface area contributed by atoms with Crippen molar-refractivity contribution in [2.24, 2.45) is 0 Å². The van der Waals surface area contributed by atoms with Crippen LogP contribution in [0.1, 0.15) is 37.4 Å². The van der Waals surface area contributed by atoms with E-state index in [0.717, 1.165) is 18.1 Å². The third-order valence-corrected chi connectivity index (χ3v) is 3.41. The second-order valence-corrected chi connectivity index (χ2v) is 5.22. The van der Waals surface area contributed by atoms with Crippen molar-refractivity contribution in [2.75, 3.05) is 5.75 Å². The zero-order chi connectivity index (χ0) is 14.5. The van der Waals surface area contributed by atoms with Gasteiger partial charge in [-0.25, -0.2) is 9.97 Å². The van der Waals surface area contributed by atoms with Gasteiger partial charge in [-0.3, -0.25) is 15.0 Å². The minimum Gasteiger partial charge on any atom is -0.346 e. The van der Waals surface area contributed by atoms with E-state index < -0.39 is 0 Å². The van der Waals surface area contributed by atoms with Crippen molar-refractivity contribution in [3.8, 4) is 0 Å². The lowest BCUT2D eigenvalue weighted by Crippen LogP contribution is -2.28. The molecule has 2 rings (SSSR count). The molecule has 1 atom stereocenters. The third-order valence-electron chi connectivity index (χ3n) is 2.56. The van der Waals surface area contributed by atoms with Crippen LogP contribution in [0.25, 0.3) is 0 Å². The summed E-state index contributed by atoms with van der Waals surface area (Å²) < 4.78 is 0. The average Bonchev–Trinajstić information content (AvgIpc) is 3.05. The van der Waals surface area contributed by atoms with E-state index in [1.807, 2.05) is 20.8 Å². The molecule has 0 saturated heterocycles. The summed E-state index contributed by atoms with van der Waals surface area (Å²) in [6, 6.07) is -0.230. The Morgan fingerprint density at radius 3 is 2.75 bits per heavy atom. The SMILES string of the molecule is CCc1nc(SCC(=O)NC(C)c2n[nH]c(C)n2)n[nH]1. The van der Waals surface area contributed by atoms with E-state index >= 15 is 0 Å². The van der Waals surface area contributed by atoms with Gasteiger partial charge in [0.1, 0.15) is 11.6 Å². The number of H-pyrrole nitrogens is 2. The third kappa shape index (κ3) is 3.80. The van der Waals surface area contributed by atoms with Crippen molar-refractivity contribution in [3.05, 3.63) is 17.5 Å². The lowest BCUT2D eigenvalue weighted by atomic mass is 10.3. The summed E-state index contributed by atoms with van der Waals surface area (Å²) in [6.07, 6.45) is 0.793. The first-order valence-electron chi connectivity index (χ1n) is 6.30. The maximum absolute atomic E-state index is 11.8. The van der Waals surface area contributed by atoms with Crippen molar-refractivity contribution < 1.29 is 4.79 Å². The summed E-state index contributed by atoms with van der Waals surface area (Å²) in [5.74, 6) is 2.27. The fourth-order valence-corrected chi connectivity index (χ4v) is 2.16. The molecule has 0 spiro atoms. The maximum Gasteiger partial charge on any atom is 0.231 e. The van der Waals surface area contributed by atoms with Gasteiger partial charge in [-0.05, 0) is 13.8 Å². The molecule has 1 amide bonds. The van der Waals surface area contributed by atoms with Crippen LogP contribution < -0.4 is 5.32 Å². The average molecular weight is 295 g/mol. The summed E-state index contributed by atoms with van der Waals surface area (Å²) in [4.78, 5) is 20.2. The second-order valence-electron chi connectivity index (χ2n) is 4.28. The summed E-state index contributed by atoms with van der Waals surface area (Å²) in [6.45, 7) is 5.64. The van der Waals surface area contributed by atoms with Gasteiger partial charge in [-0.15, -0.1) is 5.10 Å². The largest absolute Gasteiger partial charge is 0.346 e. The fraction of sp³-hybridized carbons (Fsp3) is 0.545. The van der Waals surface area contributed by atoms with Crippen molar-refractivity contribution in [1.82, 2.24) is 35.7 Å². The zero-order valence-corrected chi connectivity index (χ0v) is 12.4. The molecule has 108 valence electrons. The minimum absolute atomic E-state index is 0.104. The molecular formula is C11H17N7OS. The van der Waals surface area contributed by atoms with Crippen molar-refractivity contribution in [2.45, 2.75) is 38.4 Å². The summed E-state index contributed by atoms with van der Waals surface area (Å²) in [7, 11) is 0. The topological polar surface area (TPSA) is 112 Å². The van der Waals surface area contributed by atoms with Crippen LogP contribution in [0.2, 0.25) is 0 Å². The maximum atomic E-state index is 11.8. The fourth-order valence-electron chi connectivity index (χ4n) is 1.53. The monoisotopic (exact) mass is 295 g/mol. The molecule has 0 aliphatic rings. The highest BCUT2D eigenvalue weighted by Gasteiger charge is 2.14. The smallest absolute Gasteiger partial charge is 0.231 e. The molecule has 2 aromatic rings. The number of amides is 1. The van der Waals surface area contributed by atoms with Gasteiger partial charge in [0.2, 0.25) is 11.1 Å². The standard InChI is InChI=1S/C11H17N7OS/c1-4-8-14-11(18-16-8)20-5-9(19)12-6(2)10-13-7(3)15-17-10/h6H,4-5H2,1-3H3,(H,12,19)(H,13,15,17)(H,14,16,18). The van der Waals surface area contributed by atoms with Crippen molar-refractivity contribution in [1.29, 1.82) is 0 Å². The number of aromatic amines is 2. The van der Waals surface area contributed by atoms with Gasteiger partial charge >= 0.3 is 0 Å². The zero-order valence-electron chi connectivity index (χ0n) is 11.6. The normalized spacial score (nSPS) is 12.3. The molecular weight excluding hydrogens is 278 g/mol. The van der Waals surface area contributed by atoms with Gasteiger partial charge in [0.25, 0.3) is 0 Å². The Balaban J connectivity index is 1.80. The van der Waals surface area contributed by atoms with Crippen LogP contribution >= 0.6 is 11.8 Å². The molecule has 0 aromatic carbocycles. The van der Waals surface area contributed by atoms with Gasteiger partial charge in [0.05, 0.1) is 11.8 Å². The summed E-state index contributed by atoms with van der Waals surface area (Å²) >= 11 is 1.29. The van der Waals surface area contributed by atoms with Crippen LogP contribution in [-0.2, 0) is 11.2 Å². The van der Waals surface area contributed by atoms with Crippen LogP contribution in [0.4, 0.5) is 0 Å². The van der Waals surface area contributed by atoms with Gasteiger partial charge in [0.15, 0.2) is 5.82 Å². The first-order chi connectivity index (χ1) is 9.58. The molecule has 0 fully saturated rings. The quantitative estimate of drug-likeness (QED) is 0.678. The number of thioether (sulfide) groups is 1. The molecule has 0 radical (unpaired) electrons. The lowest BCUT2D eigenvalue weighted by Gasteiger charge is -2.09. The number of carbonyl (C=O) groups excluding carboxylic acids is 1. The number of aromatic nitrogens is 6. The lowest BCUT2D eigenvalue weighted by molar-refractivity contribution is -0.119. The van der Waals surface area contributed by atoms with Gasteiger partial charge < -0.3 is 5.32 Å². The Kier molecular flexibility index (Phi) is 4.72. The number of rotatable bonds is 6. The van der Waals surface area contributed by atoms with Crippen molar-refractivity contribution >= 4 is 17.7 Å². The number of carbonyl (C=O) groups is 1. The summed E-state index contributed by atoms with van der Waals surface area (Å²) in [5, 5.41) is 17.0. The van der Waals surface area contributed by atoms with Crippen LogP contribution in [-0.4, -0.2) is 42.0 Å². The van der Waals surface area contributed by atoms with Crippen LogP contribution in [0.15, 0.2) is 5.16 Å². The number of hydrogen-bond donors (Lipinski definition) is 3. The van der Waals surface area contributed by atoms with Gasteiger partial charge in [-0.1, -0.05) is 18.7 Å². The van der Waals surface area contributed by atoms with E-state index in [2.05, 4.69) is 35.7 Å². The Morgan fingerprint density at radius 1 is 1.35 bits per heavy atom. The molecule has 1 unspecified atom stereocenters. The number of nitrogens with one attached hydrogen (secondary N) is 3. The predicted octanol–water partition coefficient (Wildman–Crippen LogP) is 0.763. The molecule has 0 bridgehead atoms. The highest BCUT2D eigenvalue weighted by molar-refractivity contribution is 7.99. The van der Waals surface area contributed by atoms with E-state index in [1.165, 1.54) is 11.8 Å². The van der Waals surface area contributed by atoms with E-state index in [4.69, 9.17) is 0 Å². The highest BCUT2D eigenvalue weighted by atomic mass is 32.2. The molecule has 20 heavy (non-hydrogen) atoms. The van der Waals surface area contributed by atoms with Gasteiger partial charge in [-0.2, -0.15) is 5.10 Å². The molecule has 0 saturated carbocycles. The van der Waals surface area contributed by atoms with Crippen molar-refractivity contribution in [3.63, 3.8) is 0 Å². The Hall–Kier alpha value is -1.90. The molecule has 8 nitrogen and oxygen atoms in total. The number of hydrogen-bond acceptors (Lipinski definition) is 6. The highest BCUT2D eigenvalue weighted by Crippen LogP contribution is 2.13. The number of aryl methyl sites for hydroxylation is 2. The van der Waals surface area contributed by atoms with Crippen LogP contribution in [0, 0.1) is 6.92 Å². The van der Waals surface area contributed by atoms with E-state index in [1.54, 1.807) is 0 Å². The first-order valence-corrected chi connectivity index (χ1v) is 7.29. The van der Waals surface area contributed by atoms with E-state index in [0.29, 0.717) is 11.0 Å². The second kappa shape index (κ2) is 6.51. The van der Waals surface area contributed by atoms with Crippen LogP contribution in [0.5, 0.6) is 0 Å². The molecule has 0 aliphatic carbocycles. The molecule has 3 N–H and O–H groups in total. The Morgan fingerprint density at radius 2 is 2.15 bits per heavy atom. The predicted molar refractivity (Wildman–Crippen MR) is 74.2 cm³/mol. The van der Waals surface area contributed by atoms with Gasteiger partial charge in [0, 0.05) is 6.42 Å².